The van der Waals surface area contributed by atoms with Crippen LogP contribution in [0.2, 0.25) is 0 Å². The first kappa shape index (κ1) is 7.14. The van der Waals surface area contributed by atoms with Gasteiger partial charge in [0.25, 0.3) is 0 Å². The van der Waals surface area contributed by atoms with Crippen molar-refractivity contribution in [3.63, 3.8) is 0 Å². The molecule has 1 heteroatoms. The molecule has 1 saturated heterocycles. The predicted molar refractivity (Wildman–Crippen MR) is 48.0 cm³/mol. The predicted octanol–water partition coefficient (Wildman–Crippen LogP) is 2.67. The molecule has 0 aromatic rings. The molecule has 0 aromatic carbocycles. The van der Waals surface area contributed by atoms with E-state index in [4.69, 9.17) is 4.74 Å². The molecule has 0 spiro atoms. The lowest BCUT2D eigenvalue weighted by atomic mass is 10.1. The van der Waals surface area contributed by atoms with Crippen molar-refractivity contribution in [2.24, 2.45) is 5.92 Å². The van der Waals surface area contributed by atoms with Crippen LogP contribution in [0.5, 0.6) is 0 Å². The van der Waals surface area contributed by atoms with Gasteiger partial charge in [0.15, 0.2) is 0 Å². The van der Waals surface area contributed by atoms with Crippen molar-refractivity contribution in [2.75, 3.05) is 6.61 Å². The summed E-state index contributed by atoms with van der Waals surface area (Å²) in [5.74, 6) is 0.867. The quantitative estimate of drug-likeness (QED) is 0.500. The van der Waals surface area contributed by atoms with Crippen LogP contribution in [-0.4, -0.2) is 12.7 Å². The Bertz CT molecular complexity index is 207. The minimum absolute atomic E-state index is 0.590. The molecule has 1 nitrogen and oxygen atoms in total. The Morgan fingerprint density at radius 1 is 1.08 bits per heavy atom. The van der Waals surface area contributed by atoms with Crippen LogP contribution in [0, 0.1) is 5.92 Å². The fourth-order valence-electron chi connectivity index (χ4n) is 2.87. The van der Waals surface area contributed by atoms with Crippen LogP contribution in [0.15, 0.2) is 11.1 Å². The molecule has 0 unspecified atom stereocenters. The van der Waals surface area contributed by atoms with E-state index in [-0.39, 0.29) is 0 Å². The van der Waals surface area contributed by atoms with Crippen molar-refractivity contribution < 1.29 is 4.74 Å². The Balaban J connectivity index is 1.82. The summed E-state index contributed by atoms with van der Waals surface area (Å²) >= 11 is 0. The van der Waals surface area contributed by atoms with Crippen LogP contribution >= 0.6 is 0 Å². The molecule has 3 fully saturated rings. The van der Waals surface area contributed by atoms with E-state index in [0.29, 0.717) is 6.10 Å². The molecule has 0 amide bonds. The van der Waals surface area contributed by atoms with Crippen molar-refractivity contribution in [1.82, 2.24) is 0 Å². The largest absolute Gasteiger partial charge is 0.373 e. The molecular formula is C11H16O. The van der Waals surface area contributed by atoms with Crippen LogP contribution in [0.3, 0.4) is 0 Å². The number of fused-ring (bicyclic) bond motifs is 1. The highest BCUT2D eigenvalue weighted by Crippen LogP contribution is 2.51. The summed E-state index contributed by atoms with van der Waals surface area (Å²) in [6.07, 6.45) is 8.90. The second-order valence-corrected chi connectivity index (χ2v) is 4.31. The summed E-state index contributed by atoms with van der Waals surface area (Å²) in [5.41, 5.74) is 3.50. The molecule has 0 aromatic heterocycles. The van der Waals surface area contributed by atoms with E-state index < -0.39 is 0 Å². The average Bonchev–Trinajstić information content (AvgIpc) is 2.58. The van der Waals surface area contributed by atoms with E-state index in [9.17, 15) is 0 Å². The van der Waals surface area contributed by atoms with Crippen LogP contribution in [0.25, 0.3) is 0 Å². The van der Waals surface area contributed by atoms with Crippen molar-refractivity contribution in [3.8, 4) is 0 Å². The molecule has 3 aliphatic rings. The van der Waals surface area contributed by atoms with Gasteiger partial charge in [0.2, 0.25) is 0 Å². The minimum Gasteiger partial charge on any atom is -0.373 e. The number of hydrogen-bond acceptors (Lipinski definition) is 1. The van der Waals surface area contributed by atoms with Gasteiger partial charge in [-0.3, -0.25) is 0 Å². The van der Waals surface area contributed by atoms with Gasteiger partial charge in [0, 0.05) is 12.5 Å². The van der Waals surface area contributed by atoms with Gasteiger partial charge in [0.05, 0.1) is 6.10 Å². The maximum absolute atomic E-state index is 5.72. The zero-order valence-electron chi connectivity index (χ0n) is 7.51. The Hall–Kier alpha value is -0.300. The highest BCUT2D eigenvalue weighted by Gasteiger charge is 2.48. The zero-order valence-corrected chi connectivity index (χ0v) is 7.51. The van der Waals surface area contributed by atoms with Crippen molar-refractivity contribution in [3.05, 3.63) is 11.1 Å². The maximum atomic E-state index is 5.72. The molecule has 66 valence electrons. The number of rotatable bonds is 0. The molecular weight excluding hydrogens is 148 g/mol. The molecule has 1 aliphatic heterocycles. The van der Waals surface area contributed by atoms with E-state index >= 15 is 0 Å². The third kappa shape index (κ3) is 0.957. The van der Waals surface area contributed by atoms with Gasteiger partial charge in [-0.15, -0.1) is 0 Å². The van der Waals surface area contributed by atoms with E-state index in [0.717, 1.165) is 12.5 Å². The highest BCUT2D eigenvalue weighted by molar-refractivity contribution is 5.39. The van der Waals surface area contributed by atoms with Crippen molar-refractivity contribution in [2.45, 2.75) is 44.6 Å². The van der Waals surface area contributed by atoms with Gasteiger partial charge in [-0.25, -0.2) is 0 Å². The Labute approximate surface area is 73.8 Å². The van der Waals surface area contributed by atoms with Gasteiger partial charge in [-0.1, -0.05) is 5.57 Å². The average molecular weight is 164 g/mol. The maximum Gasteiger partial charge on any atom is 0.0857 e. The summed E-state index contributed by atoms with van der Waals surface area (Å²) in [6.45, 7) is 1.01. The highest BCUT2D eigenvalue weighted by atomic mass is 16.5. The fourth-order valence-corrected chi connectivity index (χ4v) is 2.87. The van der Waals surface area contributed by atoms with Crippen LogP contribution in [0.1, 0.15) is 38.5 Å². The number of hydrogen-bond donors (Lipinski definition) is 0. The standard InChI is InChI=1S/C11H16O/c1-2-5-8(4-1)10-9-6-3-7-12-11(9)10/h9,11H,1-7H2/t9-,11-/m1/s1. The SMILES string of the molecule is C1CCC(=C2[C@H]3CCCO[C@@H]23)C1. The van der Waals surface area contributed by atoms with Gasteiger partial charge in [-0.2, -0.15) is 0 Å². The molecule has 1 heterocycles. The molecule has 0 radical (unpaired) electrons. The Morgan fingerprint density at radius 2 is 1.92 bits per heavy atom. The second kappa shape index (κ2) is 2.59. The Morgan fingerprint density at radius 3 is 2.58 bits per heavy atom. The first-order valence-electron chi connectivity index (χ1n) is 5.30. The zero-order chi connectivity index (χ0) is 7.97. The van der Waals surface area contributed by atoms with Gasteiger partial charge >= 0.3 is 0 Å². The van der Waals surface area contributed by atoms with E-state index in [2.05, 4.69) is 0 Å². The third-order valence-electron chi connectivity index (χ3n) is 3.53. The van der Waals surface area contributed by atoms with Crippen molar-refractivity contribution in [1.29, 1.82) is 0 Å². The summed E-state index contributed by atoms with van der Waals surface area (Å²) < 4.78 is 5.72. The van der Waals surface area contributed by atoms with Gasteiger partial charge in [0.1, 0.15) is 0 Å². The summed E-state index contributed by atoms with van der Waals surface area (Å²) in [5, 5.41) is 0. The topological polar surface area (TPSA) is 9.23 Å². The third-order valence-corrected chi connectivity index (χ3v) is 3.53. The normalized spacial score (nSPS) is 40.0. The lowest BCUT2D eigenvalue weighted by molar-refractivity contribution is 0.0829. The smallest absolute Gasteiger partial charge is 0.0857 e. The monoisotopic (exact) mass is 164 g/mol. The molecule has 3 rings (SSSR count). The molecule has 2 aliphatic carbocycles. The lowest BCUT2D eigenvalue weighted by Crippen LogP contribution is -2.05. The minimum atomic E-state index is 0.590. The van der Waals surface area contributed by atoms with Crippen LogP contribution in [-0.2, 0) is 4.74 Å². The molecule has 0 N–H and O–H groups in total. The number of allylic oxidation sites excluding steroid dienone is 1. The first-order chi connectivity index (χ1) is 5.97. The summed E-state index contributed by atoms with van der Waals surface area (Å²) in [4.78, 5) is 0. The van der Waals surface area contributed by atoms with E-state index in [1.165, 1.54) is 38.5 Å². The molecule has 0 bridgehead atoms. The molecule has 2 saturated carbocycles. The first-order valence-corrected chi connectivity index (χ1v) is 5.30. The van der Waals surface area contributed by atoms with E-state index in [1.54, 1.807) is 11.1 Å². The molecule has 2 atom stereocenters. The second-order valence-electron chi connectivity index (χ2n) is 4.31. The van der Waals surface area contributed by atoms with Gasteiger partial charge in [-0.05, 0) is 44.1 Å². The Kier molecular flexibility index (Phi) is 1.54. The lowest BCUT2D eigenvalue weighted by Gasteiger charge is -2.06. The molecule has 12 heavy (non-hydrogen) atoms. The van der Waals surface area contributed by atoms with Crippen molar-refractivity contribution >= 4 is 0 Å². The fraction of sp³-hybridized carbons (Fsp3) is 0.818. The van der Waals surface area contributed by atoms with E-state index in [1.807, 2.05) is 0 Å². The van der Waals surface area contributed by atoms with Crippen LogP contribution < -0.4 is 0 Å². The summed E-state index contributed by atoms with van der Waals surface area (Å²) in [6, 6.07) is 0. The van der Waals surface area contributed by atoms with Crippen LogP contribution in [0.4, 0.5) is 0 Å². The number of ether oxygens (including phenoxy) is 1. The van der Waals surface area contributed by atoms with Gasteiger partial charge < -0.3 is 4.74 Å². The summed E-state index contributed by atoms with van der Waals surface area (Å²) in [7, 11) is 0.